The summed E-state index contributed by atoms with van der Waals surface area (Å²) in [4.78, 5) is 17.4. The van der Waals surface area contributed by atoms with E-state index in [-0.39, 0.29) is 12.4 Å². The van der Waals surface area contributed by atoms with Crippen molar-refractivity contribution in [1.29, 1.82) is 0 Å². The van der Waals surface area contributed by atoms with E-state index in [9.17, 15) is 9.90 Å². The van der Waals surface area contributed by atoms with Crippen molar-refractivity contribution < 1.29 is 19.4 Å². The lowest BCUT2D eigenvalue weighted by Crippen LogP contribution is -2.54. The topological polar surface area (TPSA) is 59.0 Å². The van der Waals surface area contributed by atoms with Gasteiger partial charge in [0.2, 0.25) is 0 Å². The number of ether oxygens (including phenoxy) is 2. The van der Waals surface area contributed by atoms with Crippen LogP contribution in [-0.2, 0) is 4.74 Å². The van der Waals surface area contributed by atoms with E-state index in [4.69, 9.17) is 9.47 Å². The van der Waals surface area contributed by atoms with E-state index < -0.39 is 11.6 Å². The molecule has 1 aliphatic heterocycles. The van der Waals surface area contributed by atoms with E-state index in [2.05, 4.69) is 4.90 Å². The van der Waals surface area contributed by atoms with Gasteiger partial charge in [-0.1, -0.05) is 23.9 Å². The summed E-state index contributed by atoms with van der Waals surface area (Å²) in [6.07, 6.45) is -0.487. The zero-order valence-corrected chi connectivity index (χ0v) is 18.1. The summed E-state index contributed by atoms with van der Waals surface area (Å²) in [7, 11) is 0. The van der Waals surface area contributed by atoms with Gasteiger partial charge < -0.3 is 14.6 Å². The number of carbonyl (C=O) groups is 1. The number of benzene rings is 2. The molecule has 2 aromatic carbocycles. The van der Waals surface area contributed by atoms with Gasteiger partial charge in [0.25, 0.3) is 0 Å². The van der Waals surface area contributed by atoms with Crippen molar-refractivity contribution in [2.45, 2.75) is 42.2 Å². The fourth-order valence-electron chi connectivity index (χ4n) is 3.25. The Morgan fingerprint density at radius 1 is 1.10 bits per heavy atom. The van der Waals surface area contributed by atoms with Crippen molar-refractivity contribution in [1.82, 2.24) is 4.90 Å². The fraction of sp³-hybridized carbons (Fsp3) is 0.435. The first kappa shape index (κ1) is 21.8. The molecule has 0 aliphatic carbocycles. The Hall–Kier alpha value is -1.86. The molecule has 5 nitrogen and oxygen atoms in total. The Morgan fingerprint density at radius 2 is 1.66 bits per heavy atom. The van der Waals surface area contributed by atoms with E-state index in [1.54, 1.807) is 18.7 Å². The van der Waals surface area contributed by atoms with Crippen LogP contribution >= 0.6 is 11.8 Å². The molecule has 29 heavy (non-hydrogen) atoms. The lowest BCUT2D eigenvalue weighted by atomic mass is 9.91. The van der Waals surface area contributed by atoms with Crippen LogP contribution in [0, 0.1) is 0 Å². The third-order valence-corrected chi connectivity index (χ3v) is 6.04. The van der Waals surface area contributed by atoms with Gasteiger partial charge >= 0.3 is 0 Å². The average molecular weight is 416 g/mol. The first-order valence-corrected chi connectivity index (χ1v) is 10.7. The van der Waals surface area contributed by atoms with Gasteiger partial charge in [0, 0.05) is 28.4 Å². The molecule has 2 aromatic rings. The third kappa shape index (κ3) is 5.82. The van der Waals surface area contributed by atoms with Gasteiger partial charge in [-0.3, -0.25) is 9.69 Å². The van der Waals surface area contributed by atoms with Crippen LogP contribution in [0.2, 0.25) is 0 Å². The summed E-state index contributed by atoms with van der Waals surface area (Å²) < 4.78 is 10.9. The number of Topliss-reactive ketones (excluding diaryl/α,β-unsaturated/α-hetero) is 1. The quantitative estimate of drug-likeness (QED) is 0.660. The van der Waals surface area contributed by atoms with Crippen LogP contribution in [0.1, 0.15) is 31.1 Å². The molecule has 1 atom stereocenters. The molecule has 0 radical (unpaired) electrons. The molecule has 0 bridgehead atoms. The van der Waals surface area contributed by atoms with Gasteiger partial charge in [0.1, 0.15) is 12.4 Å². The Bertz CT molecular complexity index is 797. The second kappa shape index (κ2) is 9.76. The monoisotopic (exact) mass is 415 g/mol. The summed E-state index contributed by atoms with van der Waals surface area (Å²) >= 11 is 1.63. The summed E-state index contributed by atoms with van der Waals surface area (Å²) in [5.74, 6) is 0.872. The smallest absolute Gasteiger partial charge is 0.182 e. The zero-order chi connectivity index (χ0) is 20.9. The van der Waals surface area contributed by atoms with Crippen LogP contribution in [0.5, 0.6) is 5.75 Å². The predicted octanol–water partition coefficient (Wildman–Crippen LogP) is 3.89. The highest BCUT2D eigenvalue weighted by Gasteiger charge is 2.35. The highest BCUT2D eigenvalue weighted by atomic mass is 32.2. The minimum Gasteiger partial charge on any atom is -0.491 e. The number of hydrogen-bond donors (Lipinski definition) is 1. The average Bonchev–Trinajstić information content (AvgIpc) is 2.74. The molecule has 1 unspecified atom stereocenters. The number of rotatable bonds is 8. The molecule has 1 aliphatic rings. The molecular weight excluding hydrogens is 386 g/mol. The molecule has 6 heteroatoms. The van der Waals surface area contributed by atoms with Crippen molar-refractivity contribution >= 4 is 17.5 Å². The number of carbonyl (C=O) groups excluding carboxylic acids is 1. The number of morpholine rings is 1. The largest absolute Gasteiger partial charge is 0.491 e. The van der Waals surface area contributed by atoms with Gasteiger partial charge in [-0.2, -0.15) is 0 Å². The van der Waals surface area contributed by atoms with Crippen LogP contribution < -0.4 is 4.74 Å². The van der Waals surface area contributed by atoms with Gasteiger partial charge in [0.05, 0.1) is 24.9 Å². The van der Waals surface area contributed by atoms with Crippen LogP contribution in [0.25, 0.3) is 0 Å². The molecule has 1 saturated heterocycles. The summed E-state index contributed by atoms with van der Waals surface area (Å²) in [5.41, 5.74) is 0.188. The summed E-state index contributed by atoms with van der Waals surface area (Å²) in [6.45, 7) is 8.87. The van der Waals surface area contributed by atoms with Gasteiger partial charge in [-0.15, -0.1) is 0 Å². The standard InChI is InChI=1S/C23H29NO4S/c1-17(25)16-28-19-6-10-21(11-7-19)29-20-8-4-18(5-9-20)22(26)23(2,3)24-12-14-27-15-13-24/h4-11,17,25H,12-16H2,1-3H3. The minimum absolute atomic E-state index is 0.135. The predicted molar refractivity (Wildman–Crippen MR) is 115 cm³/mol. The van der Waals surface area contributed by atoms with Crippen molar-refractivity contribution in [3.63, 3.8) is 0 Å². The Morgan fingerprint density at radius 3 is 2.21 bits per heavy atom. The van der Waals surface area contributed by atoms with Gasteiger partial charge in [0.15, 0.2) is 5.78 Å². The molecular formula is C23H29NO4S. The summed E-state index contributed by atoms with van der Waals surface area (Å²) in [6, 6.07) is 15.6. The Balaban J connectivity index is 1.61. The molecule has 1 fully saturated rings. The molecule has 0 spiro atoms. The van der Waals surface area contributed by atoms with Crippen molar-refractivity contribution in [3.8, 4) is 5.75 Å². The maximum Gasteiger partial charge on any atom is 0.182 e. The molecule has 1 N–H and O–H groups in total. The highest BCUT2D eigenvalue weighted by Crippen LogP contribution is 2.30. The van der Waals surface area contributed by atoms with Gasteiger partial charge in [-0.25, -0.2) is 0 Å². The van der Waals surface area contributed by atoms with E-state index in [1.807, 2.05) is 62.4 Å². The molecule has 0 saturated carbocycles. The SMILES string of the molecule is CC(O)COc1ccc(Sc2ccc(C(=O)C(C)(C)N3CCOCC3)cc2)cc1. The van der Waals surface area contributed by atoms with Crippen LogP contribution in [0.15, 0.2) is 58.3 Å². The molecule has 3 rings (SSSR count). The van der Waals surface area contributed by atoms with Gasteiger partial charge in [-0.05, 0) is 57.2 Å². The number of ketones is 1. The van der Waals surface area contributed by atoms with Crippen LogP contribution in [-0.4, -0.2) is 60.3 Å². The number of nitrogens with zero attached hydrogens (tertiary/aromatic N) is 1. The Labute approximate surface area is 177 Å². The first-order valence-electron chi connectivity index (χ1n) is 9.93. The van der Waals surface area contributed by atoms with Crippen LogP contribution in [0.3, 0.4) is 0 Å². The van der Waals surface area contributed by atoms with Crippen molar-refractivity contribution in [2.75, 3.05) is 32.9 Å². The maximum absolute atomic E-state index is 13.1. The molecule has 156 valence electrons. The zero-order valence-electron chi connectivity index (χ0n) is 17.3. The maximum atomic E-state index is 13.1. The second-order valence-electron chi connectivity index (χ2n) is 7.75. The third-order valence-electron chi connectivity index (χ3n) is 5.02. The van der Waals surface area contributed by atoms with E-state index >= 15 is 0 Å². The molecule has 1 heterocycles. The number of hydrogen-bond acceptors (Lipinski definition) is 6. The van der Waals surface area contributed by atoms with E-state index in [1.165, 1.54) is 0 Å². The van der Waals surface area contributed by atoms with Crippen molar-refractivity contribution in [2.24, 2.45) is 0 Å². The normalized spacial score (nSPS) is 16.4. The first-order chi connectivity index (χ1) is 13.9. The highest BCUT2D eigenvalue weighted by molar-refractivity contribution is 7.99. The summed E-state index contributed by atoms with van der Waals surface area (Å²) in [5, 5.41) is 9.29. The molecule has 0 amide bonds. The Kier molecular flexibility index (Phi) is 7.35. The minimum atomic E-state index is -0.541. The van der Waals surface area contributed by atoms with Crippen molar-refractivity contribution in [3.05, 3.63) is 54.1 Å². The second-order valence-corrected chi connectivity index (χ2v) is 8.89. The lowest BCUT2D eigenvalue weighted by molar-refractivity contribution is -0.00430. The number of aliphatic hydroxyl groups excluding tert-OH is 1. The van der Waals surface area contributed by atoms with Crippen LogP contribution in [0.4, 0.5) is 0 Å². The van der Waals surface area contributed by atoms with E-state index in [0.29, 0.717) is 13.2 Å². The van der Waals surface area contributed by atoms with E-state index in [0.717, 1.165) is 34.2 Å². The molecule has 0 aromatic heterocycles. The fourth-order valence-corrected chi connectivity index (χ4v) is 4.07. The lowest BCUT2D eigenvalue weighted by Gasteiger charge is -2.39. The number of aliphatic hydroxyl groups is 1.